The molecule has 1 aromatic heterocycles. The van der Waals surface area contributed by atoms with Gasteiger partial charge < -0.3 is 20.2 Å². The van der Waals surface area contributed by atoms with E-state index in [9.17, 15) is 18.0 Å². The number of carbonyl (C=O) groups is 1. The van der Waals surface area contributed by atoms with Crippen LogP contribution in [0.2, 0.25) is 0 Å². The molecular weight excluding hydrogens is 451 g/mol. The van der Waals surface area contributed by atoms with Gasteiger partial charge in [0.05, 0.1) is 13.0 Å². The van der Waals surface area contributed by atoms with Gasteiger partial charge in [-0.15, -0.1) is 0 Å². The van der Waals surface area contributed by atoms with E-state index < -0.39 is 30.2 Å². The van der Waals surface area contributed by atoms with Gasteiger partial charge in [-0.2, -0.15) is 13.2 Å². The molecule has 2 aromatic carbocycles. The number of aromatic nitrogens is 1. The van der Waals surface area contributed by atoms with Gasteiger partial charge in [-0.05, 0) is 18.6 Å². The molecule has 3 heterocycles. The molecular formula is C23H22F3N5O3. The van der Waals surface area contributed by atoms with E-state index in [2.05, 4.69) is 15.7 Å². The summed E-state index contributed by atoms with van der Waals surface area (Å²) in [5.74, 6) is -1.34. The van der Waals surface area contributed by atoms with Crippen molar-refractivity contribution in [2.45, 2.75) is 37.8 Å². The van der Waals surface area contributed by atoms with E-state index in [-0.39, 0.29) is 18.0 Å². The number of amides is 1. The maximum absolute atomic E-state index is 14.0. The minimum atomic E-state index is -4.59. The number of rotatable bonds is 4. The molecule has 2 aliphatic heterocycles. The average molecular weight is 473 g/mol. The number of methoxy groups -OCH3 is 1. The van der Waals surface area contributed by atoms with Crippen LogP contribution in [-0.4, -0.2) is 41.4 Å². The molecule has 5 rings (SSSR count). The molecule has 3 atom stereocenters. The maximum Gasteiger partial charge on any atom is 0.406 e. The summed E-state index contributed by atoms with van der Waals surface area (Å²) >= 11 is 0. The fraction of sp³-hybridized carbons (Fsp3) is 0.304. The van der Waals surface area contributed by atoms with Crippen LogP contribution in [0.5, 0.6) is 5.75 Å². The first-order valence-electron chi connectivity index (χ1n) is 10.6. The second kappa shape index (κ2) is 8.03. The fourth-order valence-corrected chi connectivity index (χ4v) is 4.61. The van der Waals surface area contributed by atoms with E-state index >= 15 is 0 Å². The minimum Gasteiger partial charge on any atom is -0.494 e. The summed E-state index contributed by atoms with van der Waals surface area (Å²) < 4.78 is 53.2. The molecule has 4 N–H and O–H groups in total. The smallest absolute Gasteiger partial charge is 0.406 e. The Morgan fingerprint density at radius 3 is 2.59 bits per heavy atom. The van der Waals surface area contributed by atoms with Gasteiger partial charge in [-0.1, -0.05) is 36.4 Å². The van der Waals surface area contributed by atoms with Crippen molar-refractivity contribution in [3.63, 3.8) is 0 Å². The lowest BCUT2D eigenvalue weighted by molar-refractivity contribution is -0.161. The number of hydrogen-bond acceptors (Lipinski definition) is 7. The predicted octanol–water partition coefficient (Wildman–Crippen LogP) is 3.02. The topological polar surface area (TPSA) is 106 Å². The third-order valence-electron chi connectivity index (χ3n) is 6.21. The van der Waals surface area contributed by atoms with Crippen LogP contribution in [0.4, 0.5) is 13.2 Å². The number of allylic oxidation sites excluding steroid dienone is 1. The predicted molar refractivity (Wildman–Crippen MR) is 117 cm³/mol. The molecule has 1 amide bonds. The molecule has 8 nitrogen and oxygen atoms in total. The molecule has 1 fully saturated rings. The van der Waals surface area contributed by atoms with Crippen molar-refractivity contribution in [2.24, 2.45) is 5.73 Å². The number of nitrogens with two attached hydrogens (primary N) is 1. The summed E-state index contributed by atoms with van der Waals surface area (Å²) in [6.07, 6.45) is -5.54. The van der Waals surface area contributed by atoms with Crippen molar-refractivity contribution in [1.29, 1.82) is 0 Å². The molecule has 11 heteroatoms. The molecule has 1 saturated heterocycles. The normalized spacial score (nSPS) is 22.8. The minimum absolute atomic E-state index is 0.0274. The molecule has 178 valence electrons. The second-order valence-electron chi connectivity index (χ2n) is 8.18. The van der Waals surface area contributed by atoms with Gasteiger partial charge >= 0.3 is 6.18 Å². The molecule has 0 spiro atoms. The summed E-state index contributed by atoms with van der Waals surface area (Å²) in [4.78, 5) is 17.9. The number of halogens is 3. The number of ether oxygens (including phenoxy) is 1. The first-order valence-corrected chi connectivity index (χ1v) is 10.6. The van der Waals surface area contributed by atoms with Crippen LogP contribution in [0.25, 0.3) is 16.7 Å². The summed E-state index contributed by atoms with van der Waals surface area (Å²) in [6, 6.07) is 9.77. The Hall–Kier alpha value is -3.57. The van der Waals surface area contributed by atoms with Crippen LogP contribution >= 0.6 is 0 Å². The third-order valence-corrected chi connectivity index (χ3v) is 6.21. The van der Waals surface area contributed by atoms with Crippen LogP contribution in [0.1, 0.15) is 29.9 Å². The Labute approximate surface area is 192 Å². The average Bonchev–Trinajstić information content (AvgIpc) is 3.41. The van der Waals surface area contributed by atoms with Crippen molar-refractivity contribution in [1.82, 2.24) is 20.7 Å². The highest BCUT2D eigenvalue weighted by molar-refractivity contribution is 6.20. The Kier molecular flexibility index (Phi) is 5.25. The van der Waals surface area contributed by atoms with Crippen LogP contribution in [0.15, 0.2) is 52.6 Å². The summed E-state index contributed by atoms with van der Waals surface area (Å²) in [5, 5.41) is 4.06. The summed E-state index contributed by atoms with van der Waals surface area (Å²) in [7, 11) is 1.48. The van der Waals surface area contributed by atoms with E-state index in [1.165, 1.54) is 7.11 Å². The van der Waals surface area contributed by atoms with E-state index in [1.807, 2.05) is 0 Å². The summed E-state index contributed by atoms with van der Waals surface area (Å²) in [6.45, 7) is 1.78. The number of fused-ring (bicyclic) bond motifs is 2. The zero-order valence-corrected chi connectivity index (χ0v) is 18.3. The lowest BCUT2D eigenvalue weighted by Gasteiger charge is -2.34. The SMILES string of the molecule is COc1ccc(CN)c2oc(C3=C(C)NC4C(c5ccccc5)C(C(F)(F)F)NN4C3=O)nc12. The van der Waals surface area contributed by atoms with Crippen LogP contribution < -0.4 is 21.2 Å². The Morgan fingerprint density at radius 1 is 1.21 bits per heavy atom. The fourth-order valence-electron chi connectivity index (χ4n) is 4.61. The number of carbonyl (C=O) groups excluding carboxylic acids is 1. The molecule has 2 aliphatic rings. The lowest BCUT2D eigenvalue weighted by atomic mass is 9.89. The number of nitrogens with one attached hydrogen (secondary N) is 2. The second-order valence-corrected chi connectivity index (χ2v) is 8.18. The van der Waals surface area contributed by atoms with Gasteiger partial charge in [0.25, 0.3) is 5.91 Å². The van der Waals surface area contributed by atoms with Gasteiger partial charge in [0.1, 0.15) is 23.5 Å². The molecule has 0 radical (unpaired) electrons. The van der Waals surface area contributed by atoms with E-state index in [0.29, 0.717) is 33.7 Å². The number of oxazole rings is 1. The first kappa shape index (κ1) is 22.2. The van der Waals surface area contributed by atoms with Crippen LogP contribution in [-0.2, 0) is 11.3 Å². The van der Waals surface area contributed by atoms with Crippen molar-refractivity contribution in [2.75, 3.05) is 7.11 Å². The number of hydrazine groups is 1. The van der Waals surface area contributed by atoms with Crippen molar-refractivity contribution in [3.05, 3.63) is 65.2 Å². The largest absolute Gasteiger partial charge is 0.494 e. The maximum atomic E-state index is 14.0. The highest BCUT2D eigenvalue weighted by Crippen LogP contribution is 2.43. The Morgan fingerprint density at radius 2 is 1.94 bits per heavy atom. The standard InChI is InChI=1S/C23H22F3N5O3/c1-11-15(21-29-17-14(33-2)9-8-13(10-27)18(17)34-21)22(32)31-20(28-11)16(12-6-4-3-5-7-12)19(30-31)23(24,25)26/h3-9,16,19-20,28,30H,10,27H2,1-2H3. The van der Waals surface area contributed by atoms with Gasteiger partial charge in [-0.25, -0.2) is 15.4 Å². The number of hydrogen-bond donors (Lipinski definition) is 3. The molecule has 0 aliphatic carbocycles. The van der Waals surface area contributed by atoms with E-state index in [4.69, 9.17) is 14.9 Å². The van der Waals surface area contributed by atoms with E-state index in [1.54, 1.807) is 49.4 Å². The van der Waals surface area contributed by atoms with Crippen molar-refractivity contribution < 1.29 is 27.1 Å². The molecule has 0 bridgehead atoms. The highest BCUT2D eigenvalue weighted by atomic mass is 19.4. The molecule has 0 saturated carbocycles. The Balaban J connectivity index is 1.60. The third kappa shape index (κ3) is 3.39. The zero-order valence-electron chi connectivity index (χ0n) is 18.3. The quantitative estimate of drug-likeness (QED) is 0.535. The zero-order chi connectivity index (χ0) is 24.2. The van der Waals surface area contributed by atoms with Gasteiger partial charge in [0.15, 0.2) is 11.1 Å². The van der Waals surface area contributed by atoms with Gasteiger partial charge in [0.2, 0.25) is 5.89 Å². The summed E-state index contributed by atoms with van der Waals surface area (Å²) in [5.41, 5.74) is 10.4. The molecule has 3 unspecified atom stereocenters. The molecule has 3 aromatic rings. The Bertz CT molecular complexity index is 1250. The van der Waals surface area contributed by atoms with Crippen LogP contribution in [0.3, 0.4) is 0 Å². The van der Waals surface area contributed by atoms with Gasteiger partial charge in [-0.3, -0.25) is 4.79 Å². The lowest BCUT2D eigenvalue weighted by Crippen LogP contribution is -2.54. The number of alkyl halides is 3. The monoisotopic (exact) mass is 473 g/mol. The number of nitrogens with zero attached hydrogens (tertiary/aromatic N) is 2. The van der Waals surface area contributed by atoms with Crippen molar-refractivity contribution in [3.8, 4) is 5.75 Å². The van der Waals surface area contributed by atoms with Crippen molar-refractivity contribution >= 4 is 22.6 Å². The molecule has 34 heavy (non-hydrogen) atoms. The van der Waals surface area contributed by atoms with E-state index in [0.717, 1.165) is 5.01 Å². The van der Waals surface area contributed by atoms with Gasteiger partial charge in [0, 0.05) is 17.8 Å². The van der Waals surface area contributed by atoms with Crippen LogP contribution in [0, 0.1) is 0 Å². The number of benzene rings is 2. The highest BCUT2D eigenvalue weighted by Gasteiger charge is 2.58. The first-order chi connectivity index (χ1) is 16.2.